The number of carbonyl (C=O) groups excluding carboxylic acids is 1. The standard InChI is InChI=1S/C17H17NO3S/c1-11(15-7-4-8-22-15)16(19)18-10-13-6-3-2-5-12(13)9-14(18)17(20)21/h2-8,11,14H,9-10H2,1H3,(H,20,21)/t11-,14-/m1/s1. The summed E-state index contributed by atoms with van der Waals surface area (Å²) in [7, 11) is 0. The van der Waals surface area contributed by atoms with Gasteiger partial charge in [-0.1, -0.05) is 30.3 Å². The number of rotatable bonds is 3. The number of thiophene rings is 1. The third-order valence-electron chi connectivity index (χ3n) is 4.16. The third kappa shape index (κ3) is 2.64. The second kappa shape index (κ2) is 5.93. The van der Waals surface area contributed by atoms with Gasteiger partial charge in [0.1, 0.15) is 6.04 Å². The van der Waals surface area contributed by atoms with Gasteiger partial charge in [0, 0.05) is 17.8 Å². The van der Waals surface area contributed by atoms with Gasteiger partial charge in [0.15, 0.2) is 0 Å². The molecule has 0 aliphatic carbocycles. The summed E-state index contributed by atoms with van der Waals surface area (Å²) >= 11 is 1.52. The Morgan fingerprint density at radius 1 is 1.23 bits per heavy atom. The molecule has 22 heavy (non-hydrogen) atoms. The molecule has 0 saturated carbocycles. The molecule has 4 nitrogen and oxygen atoms in total. The smallest absolute Gasteiger partial charge is 0.326 e. The average molecular weight is 315 g/mol. The van der Waals surface area contributed by atoms with Gasteiger partial charge < -0.3 is 10.0 Å². The van der Waals surface area contributed by atoms with Gasteiger partial charge in [-0.05, 0) is 29.5 Å². The lowest BCUT2D eigenvalue weighted by atomic mass is 9.92. The normalized spacial score (nSPS) is 18.6. The summed E-state index contributed by atoms with van der Waals surface area (Å²) in [6, 6.07) is 10.8. The van der Waals surface area contributed by atoms with Crippen molar-refractivity contribution in [3.63, 3.8) is 0 Å². The Morgan fingerprint density at radius 2 is 1.95 bits per heavy atom. The van der Waals surface area contributed by atoms with Crippen molar-refractivity contribution >= 4 is 23.2 Å². The number of carbonyl (C=O) groups is 2. The van der Waals surface area contributed by atoms with Crippen LogP contribution in [0.1, 0.15) is 28.8 Å². The molecule has 0 bridgehead atoms. The molecule has 1 aromatic heterocycles. The lowest BCUT2D eigenvalue weighted by Crippen LogP contribution is -2.49. The van der Waals surface area contributed by atoms with Crippen LogP contribution in [0.4, 0.5) is 0 Å². The fourth-order valence-electron chi connectivity index (χ4n) is 2.88. The Bertz CT molecular complexity index is 696. The molecule has 5 heteroatoms. The number of amides is 1. The van der Waals surface area contributed by atoms with E-state index in [0.29, 0.717) is 13.0 Å². The number of nitrogens with zero attached hydrogens (tertiary/aromatic N) is 1. The monoisotopic (exact) mass is 315 g/mol. The molecule has 114 valence electrons. The van der Waals surface area contributed by atoms with Gasteiger partial charge in [0.2, 0.25) is 5.91 Å². The lowest BCUT2D eigenvalue weighted by Gasteiger charge is -2.35. The Kier molecular flexibility index (Phi) is 3.98. The first-order valence-electron chi connectivity index (χ1n) is 7.21. The fourth-order valence-corrected chi connectivity index (χ4v) is 3.66. The van der Waals surface area contributed by atoms with E-state index in [0.717, 1.165) is 16.0 Å². The molecule has 2 heterocycles. The van der Waals surface area contributed by atoms with Crippen molar-refractivity contribution in [3.05, 3.63) is 57.8 Å². The third-order valence-corrected chi connectivity index (χ3v) is 5.21. The fraction of sp³-hybridized carbons (Fsp3) is 0.294. The van der Waals surface area contributed by atoms with Crippen molar-refractivity contribution in [3.8, 4) is 0 Å². The van der Waals surface area contributed by atoms with Gasteiger partial charge in [-0.2, -0.15) is 0 Å². The number of carboxylic acids is 1. The maximum Gasteiger partial charge on any atom is 0.326 e. The molecular weight excluding hydrogens is 298 g/mol. The highest BCUT2D eigenvalue weighted by Gasteiger charge is 2.36. The molecule has 2 atom stereocenters. The zero-order chi connectivity index (χ0) is 15.7. The maximum absolute atomic E-state index is 12.8. The van der Waals surface area contributed by atoms with Crippen LogP contribution in [0.25, 0.3) is 0 Å². The number of benzene rings is 1. The summed E-state index contributed by atoms with van der Waals surface area (Å²) in [6.45, 7) is 2.20. The van der Waals surface area contributed by atoms with Crippen molar-refractivity contribution in [1.29, 1.82) is 0 Å². The van der Waals surface area contributed by atoms with E-state index in [1.807, 2.05) is 48.7 Å². The molecule has 1 N–H and O–H groups in total. The number of fused-ring (bicyclic) bond motifs is 1. The molecule has 0 unspecified atom stereocenters. The molecule has 1 aliphatic rings. The largest absolute Gasteiger partial charge is 0.480 e. The first kappa shape index (κ1) is 14.8. The van der Waals surface area contributed by atoms with Crippen LogP contribution >= 0.6 is 11.3 Å². The average Bonchev–Trinajstić information content (AvgIpc) is 3.06. The molecule has 1 aromatic carbocycles. The quantitative estimate of drug-likeness (QED) is 0.947. The minimum atomic E-state index is -0.943. The SMILES string of the molecule is C[C@@H](C(=O)N1Cc2ccccc2C[C@@H]1C(=O)O)c1cccs1. The number of hydrogen-bond acceptors (Lipinski definition) is 3. The minimum absolute atomic E-state index is 0.121. The van der Waals surface area contributed by atoms with Crippen LogP contribution in [-0.4, -0.2) is 27.9 Å². The summed E-state index contributed by atoms with van der Waals surface area (Å²) in [5, 5.41) is 11.4. The molecule has 0 spiro atoms. The van der Waals surface area contributed by atoms with Crippen molar-refractivity contribution < 1.29 is 14.7 Å². The molecule has 0 saturated heterocycles. The van der Waals surface area contributed by atoms with E-state index in [1.165, 1.54) is 16.2 Å². The second-order valence-electron chi connectivity index (χ2n) is 5.53. The second-order valence-corrected chi connectivity index (χ2v) is 6.51. The van der Waals surface area contributed by atoms with Crippen LogP contribution in [0.3, 0.4) is 0 Å². The molecule has 1 amide bonds. The summed E-state index contributed by atoms with van der Waals surface area (Å²) < 4.78 is 0. The minimum Gasteiger partial charge on any atom is -0.480 e. The number of hydrogen-bond donors (Lipinski definition) is 1. The van der Waals surface area contributed by atoms with Gasteiger partial charge in [0.25, 0.3) is 0 Å². The first-order chi connectivity index (χ1) is 10.6. The number of carboxylic acid groups (broad SMARTS) is 1. The molecule has 0 radical (unpaired) electrons. The van der Waals surface area contributed by atoms with E-state index in [2.05, 4.69) is 0 Å². The maximum atomic E-state index is 12.8. The van der Waals surface area contributed by atoms with Gasteiger partial charge in [-0.15, -0.1) is 11.3 Å². The Morgan fingerprint density at radius 3 is 2.59 bits per heavy atom. The van der Waals surface area contributed by atoms with Crippen LogP contribution in [-0.2, 0) is 22.6 Å². The zero-order valence-electron chi connectivity index (χ0n) is 12.2. The van der Waals surface area contributed by atoms with E-state index in [4.69, 9.17) is 0 Å². The molecule has 2 aromatic rings. The van der Waals surface area contributed by atoms with Crippen molar-refractivity contribution in [2.45, 2.75) is 31.8 Å². The Hall–Kier alpha value is -2.14. The van der Waals surface area contributed by atoms with Crippen molar-refractivity contribution in [2.75, 3.05) is 0 Å². The zero-order valence-corrected chi connectivity index (χ0v) is 13.0. The van der Waals surface area contributed by atoms with Crippen LogP contribution in [0.2, 0.25) is 0 Å². The summed E-state index contributed by atoms with van der Waals surface area (Å²) in [5.74, 6) is -1.38. The summed E-state index contributed by atoms with van der Waals surface area (Å²) in [6.07, 6.45) is 0.369. The summed E-state index contributed by atoms with van der Waals surface area (Å²) in [4.78, 5) is 26.9. The lowest BCUT2D eigenvalue weighted by molar-refractivity contribution is -0.151. The predicted octanol–water partition coefficient (Wildman–Crippen LogP) is 2.89. The molecular formula is C17H17NO3S. The van der Waals surface area contributed by atoms with Gasteiger partial charge >= 0.3 is 5.97 Å². The van der Waals surface area contributed by atoms with E-state index >= 15 is 0 Å². The molecule has 0 fully saturated rings. The number of aliphatic carboxylic acids is 1. The highest BCUT2D eigenvalue weighted by atomic mass is 32.1. The van der Waals surface area contributed by atoms with Crippen LogP contribution < -0.4 is 0 Å². The highest BCUT2D eigenvalue weighted by molar-refractivity contribution is 7.10. The molecule has 1 aliphatic heterocycles. The van der Waals surface area contributed by atoms with E-state index in [9.17, 15) is 14.7 Å². The summed E-state index contributed by atoms with van der Waals surface area (Å²) in [5.41, 5.74) is 2.05. The predicted molar refractivity (Wildman–Crippen MR) is 84.9 cm³/mol. The van der Waals surface area contributed by atoms with E-state index in [-0.39, 0.29) is 11.8 Å². The van der Waals surface area contributed by atoms with E-state index in [1.54, 1.807) is 0 Å². The molecule has 3 rings (SSSR count). The van der Waals surface area contributed by atoms with Gasteiger partial charge in [-0.3, -0.25) is 4.79 Å². The van der Waals surface area contributed by atoms with Crippen LogP contribution in [0.5, 0.6) is 0 Å². The highest BCUT2D eigenvalue weighted by Crippen LogP contribution is 2.29. The van der Waals surface area contributed by atoms with Gasteiger partial charge in [-0.25, -0.2) is 4.79 Å². The Balaban J connectivity index is 1.90. The van der Waals surface area contributed by atoms with Crippen molar-refractivity contribution in [1.82, 2.24) is 4.90 Å². The van der Waals surface area contributed by atoms with Gasteiger partial charge in [0.05, 0.1) is 5.92 Å². The first-order valence-corrected chi connectivity index (χ1v) is 8.09. The van der Waals surface area contributed by atoms with Crippen molar-refractivity contribution in [2.24, 2.45) is 0 Å². The van der Waals surface area contributed by atoms with Crippen LogP contribution in [0, 0.1) is 0 Å². The Labute approximate surface area is 133 Å². The van der Waals surface area contributed by atoms with Crippen LogP contribution in [0.15, 0.2) is 41.8 Å². The van der Waals surface area contributed by atoms with E-state index < -0.39 is 12.0 Å². The topological polar surface area (TPSA) is 57.6 Å².